The molecule has 16 nitrogen and oxygen atoms in total. The van der Waals surface area contributed by atoms with Crippen LogP contribution in [0.5, 0.6) is 17.2 Å². The van der Waals surface area contributed by atoms with Gasteiger partial charge in [0.1, 0.15) is 34.1 Å². The molecule has 2 aromatic carbocycles. The molecule has 1 amide bonds. The van der Waals surface area contributed by atoms with Crippen LogP contribution in [0.3, 0.4) is 0 Å². The molecule has 0 unspecified atom stereocenters. The summed E-state index contributed by atoms with van der Waals surface area (Å²) in [5.74, 6) is -7.06. The fraction of sp³-hybridized carbons (Fsp3) is 0.489. The molecule has 6 aliphatic rings. The first kappa shape index (κ1) is 45.5. The molecular formula is C47H58N4O12. The van der Waals surface area contributed by atoms with Crippen molar-refractivity contribution in [2.45, 2.75) is 97.6 Å². The van der Waals surface area contributed by atoms with Gasteiger partial charge in [0.25, 0.3) is 11.7 Å². The predicted molar refractivity (Wildman–Crippen MR) is 237 cm³/mol. The van der Waals surface area contributed by atoms with Gasteiger partial charge in [-0.1, -0.05) is 45.9 Å². The number of fused-ring (bicyclic) bond motifs is 14. The number of ketones is 1. The van der Waals surface area contributed by atoms with Crippen LogP contribution in [0.15, 0.2) is 57.5 Å². The van der Waals surface area contributed by atoms with Crippen molar-refractivity contribution in [3.05, 3.63) is 69.6 Å². The van der Waals surface area contributed by atoms with Gasteiger partial charge in [-0.25, -0.2) is 4.98 Å². The number of aromatic hydroxyl groups is 2. The first-order valence-corrected chi connectivity index (χ1v) is 21.4. The molecule has 5 aliphatic heterocycles. The van der Waals surface area contributed by atoms with Crippen LogP contribution in [0.25, 0.3) is 33.3 Å². The number of anilines is 2. The standard InChI is InChI=1S/C47H58N4O12/c1-21-11-10-12-22(2)46(59)50-37-42(57)33-32(36-44(37)62-31-20-28(19-29(52)35(31)49-36)51-16-13-27(48-8)14-17-51)34-43(26(6)41(33)56)63-47(7,45(34)58)61-18-15-30(60-9)23(3)39(54)25(5)40(55)24(4)38(21)53/h10-12,15,18-21,23-25,27,30,38-40,48,52-56H,13-14,16-17H2,1-9H3,(H,50,59)/b11-10+,18-15+,22-12-/t21-,23+,24+,25-,30-,38-,39+,40+,47-/m0/s1. The number of benzene rings is 3. The highest BCUT2D eigenvalue weighted by molar-refractivity contribution is 6.22. The van der Waals surface area contributed by atoms with Crippen LogP contribution in [0.2, 0.25) is 0 Å². The van der Waals surface area contributed by atoms with Gasteiger partial charge in [-0.2, -0.15) is 0 Å². The number of aliphatic hydroxyl groups excluding tert-OH is 3. The fourth-order valence-electron chi connectivity index (χ4n) is 9.09. The van der Waals surface area contributed by atoms with Gasteiger partial charge in [0.15, 0.2) is 11.3 Å². The topological polar surface area (TPSA) is 233 Å². The third-order valence-corrected chi connectivity index (χ3v) is 13.4. The molecule has 338 valence electrons. The summed E-state index contributed by atoms with van der Waals surface area (Å²) < 4.78 is 24.4. The third-order valence-electron chi connectivity index (χ3n) is 13.4. The Hall–Kier alpha value is -5.52. The van der Waals surface area contributed by atoms with Crippen molar-refractivity contribution in [3.63, 3.8) is 0 Å². The normalized spacial score (nSPS) is 30.9. The summed E-state index contributed by atoms with van der Waals surface area (Å²) >= 11 is 0. The van der Waals surface area contributed by atoms with Gasteiger partial charge in [0.2, 0.25) is 5.43 Å². The average Bonchev–Trinajstić information content (AvgIpc) is 3.54. The van der Waals surface area contributed by atoms with E-state index in [0.29, 0.717) is 24.8 Å². The molecule has 7 N–H and O–H groups in total. The Labute approximate surface area is 365 Å². The van der Waals surface area contributed by atoms with E-state index in [1.165, 1.54) is 46.3 Å². The quantitative estimate of drug-likeness (QED) is 0.103. The highest BCUT2D eigenvalue weighted by Gasteiger charge is 2.50. The lowest BCUT2D eigenvalue weighted by molar-refractivity contribution is -0.112. The van der Waals surface area contributed by atoms with Gasteiger partial charge >= 0.3 is 5.79 Å². The Morgan fingerprint density at radius 1 is 0.937 bits per heavy atom. The van der Waals surface area contributed by atoms with Gasteiger partial charge in [-0.05, 0) is 39.8 Å². The molecule has 8 rings (SSSR count). The predicted octanol–water partition coefficient (Wildman–Crippen LogP) is 5.27. The number of aromatic nitrogens is 1. The number of piperidine rings is 1. The van der Waals surface area contributed by atoms with E-state index >= 15 is 0 Å². The zero-order chi connectivity index (χ0) is 45.8. The number of hydrogen-bond donors (Lipinski definition) is 7. The Morgan fingerprint density at radius 2 is 1.60 bits per heavy atom. The van der Waals surface area contributed by atoms with Crippen molar-refractivity contribution in [1.82, 2.24) is 10.3 Å². The molecule has 5 heterocycles. The molecule has 16 heteroatoms. The molecule has 0 radical (unpaired) electrons. The number of Topliss-reactive ketones (excluding diaryl/α,β-unsaturated/α-hetero) is 1. The van der Waals surface area contributed by atoms with Gasteiger partial charge in [-0.3, -0.25) is 14.4 Å². The number of rotatable bonds is 3. The van der Waals surface area contributed by atoms with Crippen LogP contribution < -0.4 is 25.7 Å². The van der Waals surface area contributed by atoms with Gasteiger partial charge in [0.05, 0.1) is 41.6 Å². The van der Waals surface area contributed by atoms with Crippen molar-refractivity contribution >= 4 is 44.9 Å². The maximum atomic E-state index is 14.8. The lowest BCUT2D eigenvalue weighted by Gasteiger charge is -2.36. The lowest BCUT2D eigenvalue weighted by atomic mass is 9.78. The number of phenols is 2. The van der Waals surface area contributed by atoms with E-state index in [2.05, 4.69) is 15.5 Å². The van der Waals surface area contributed by atoms with Crippen LogP contribution in [0.4, 0.5) is 11.4 Å². The first-order chi connectivity index (χ1) is 29.8. The summed E-state index contributed by atoms with van der Waals surface area (Å²) in [7, 11) is 3.36. The second-order valence-corrected chi connectivity index (χ2v) is 17.5. The van der Waals surface area contributed by atoms with E-state index in [0.717, 1.165) is 12.8 Å². The highest BCUT2D eigenvalue weighted by Crippen LogP contribution is 2.51. The van der Waals surface area contributed by atoms with Gasteiger partial charge < -0.3 is 59.7 Å². The number of aliphatic hydroxyl groups is 3. The Bertz CT molecular complexity index is 2560. The molecular weight excluding hydrogens is 813 g/mol. The van der Waals surface area contributed by atoms with Crippen LogP contribution in [-0.2, 0) is 14.3 Å². The summed E-state index contributed by atoms with van der Waals surface area (Å²) in [5, 5.41) is 62.8. The van der Waals surface area contributed by atoms with E-state index in [4.69, 9.17) is 23.6 Å². The van der Waals surface area contributed by atoms with E-state index in [9.17, 15) is 39.9 Å². The molecule has 2 aromatic rings. The second-order valence-electron chi connectivity index (χ2n) is 17.5. The molecule has 1 aliphatic carbocycles. The van der Waals surface area contributed by atoms with E-state index in [-0.39, 0.29) is 67.2 Å². The zero-order valence-corrected chi connectivity index (χ0v) is 37.1. The number of amides is 1. The molecule has 0 spiro atoms. The van der Waals surface area contributed by atoms with Crippen LogP contribution >= 0.6 is 0 Å². The number of ether oxygens (including phenoxy) is 3. The minimum absolute atomic E-state index is 0.000500. The smallest absolute Gasteiger partial charge is 0.312 e. The van der Waals surface area contributed by atoms with Crippen LogP contribution in [0, 0.1) is 30.6 Å². The summed E-state index contributed by atoms with van der Waals surface area (Å²) in [4.78, 5) is 50.3. The molecule has 9 atom stereocenters. The summed E-state index contributed by atoms with van der Waals surface area (Å²) in [6.07, 6.45) is 5.13. The highest BCUT2D eigenvalue weighted by atomic mass is 16.7. The number of carbonyl (C=O) groups excluding carboxylic acids is 2. The minimum Gasteiger partial charge on any atom is -0.507 e. The van der Waals surface area contributed by atoms with Crippen molar-refractivity contribution in [1.29, 1.82) is 0 Å². The van der Waals surface area contributed by atoms with Gasteiger partial charge in [-0.15, -0.1) is 0 Å². The summed E-state index contributed by atoms with van der Waals surface area (Å²) in [5.41, 5.74) is -0.569. The van der Waals surface area contributed by atoms with Crippen LogP contribution in [-0.4, -0.2) is 106 Å². The minimum atomic E-state index is -2.05. The largest absolute Gasteiger partial charge is 0.507 e. The summed E-state index contributed by atoms with van der Waals surface area (Å²) in [6.45, 7) is 12.6. The molecule has 0 saturated carbocycles. The van der Waals surface area contributed by atoms with E-state index in [1.807, 2.05) is 7.05 Å². The van der Waals surface area contributed by atoms with E-state index in [1.54, 1.807) is 52.0 Å². The number of methoxy groups -OCH3 is 1. The molecule has 0 aromatic heterocycles. The SMILES string of the molecule is CNC1CCN(c2cc(O)c3nc4c5c6c7c(C)c(O)c5c(=O)c(c-4oc3c2)NC(=O)/C(C)=C\C=C\[C@H](C)[C@H](O)[C@@H](C)[C@@H](O)[C@@H](C)[C@H](O)[C@H](C)[C@@H](OC)/C=C/O[C@@](C)(O7)C6=O)CC1. The number of nitrogens with one attached hydrogen (secondary N) is 2. The lowest BCUT2D eigenvalue weighted by Crippen LogP contribution is -2.44. The van der Waals surface area contributed by atoms with Crippen molar-refractivity contribution in [3.8, 4) is 28.7 Å². The monoisotopic (exact) mass is 870 g/mol. The Morgan fingerprint density at radius 3 is 2.27 bits per heavy atom. The van der Waals surface area contributed by atoms with Gasteiger partial charge in [0, 0.05) is 91.2 Å². The fourth-order valence-corrected chi connectivity index (χ4v) is 9.09. The first-order valence-electron chi connectivity index (χ1n) is 21.4. The third kappa shape index (κ3) is 8.03. The number of carbonyl (C=O) groups is 2. The molecule has 1 fully saturated rings. The zero-order valence-electron chi connectivity index (χ0n) is 37.1. The van der Waals surface area contributed by atoms with Crippen LogP contribution in [0.1, 0.15) is 70.3 Å². The Balaban J connectivity index is 1.45. The van der Waals surface area contributed by atoms with E-state index < -0.39 is 76.7 Å². The number of allylic oxidation sites excluding steroid dienone is 2. The number of phenolic OH excluding ortho intramolecular Hbond substituents is 2. The van der Waals surface area contributed by atoms with Crippen molar-refractivity contribution in [2.24, 2.45) is 23.7 Å². The molecule has 1 saturated heterocycles. The molecule has 5 bridgehead atoms. The summed E-state index contributed by atoms with van der Waals surface area (Å²) in [6, 6.07) is 3.62. The maximum Gasteiger partial charge on any atom is 0.312 e. The maximum absolute atomic E-state index is 14.8. The average molecular weight is 871 g/mol. The number of nitrogens with zero attached hydrogens (tertiary/aromatic N) is 2. The second kappa shape index (κ2) is 17.6. The van der Waals surface area contributed by atoms with Crippen molar-refractivity contribution < 1.29 is 53.7 Å². The Kier molecular flexibility index (Phi) is 12.7. The number of hydrogen-bond acceptors (Lipinski definition) is 15. The molecule has 63 heavy (non-hydrogen) atoms. The van der Waals surface area contributed by atoms with Crippen molar-refractivity contribution in [2.75, 3.05) is 37.5 Å².